The first kappa shape index (κ1) is 20.3. The topological polar surface area (TPSA) is 66.5 Å². The number of likely N-dealkylation sites (tertiary alicyclic amines) is 1. The van der Waals surface area contributed by atoms with Crippen molar-refractivity contribution in [3.63, 3.8) is 0 Å². The number of piperidine rings is 2. The Labute approximate surface area is 186 Å². The van der Waals surface area contributed by atoms with Crippen LogP contribution in [-0.4, -0.2) is 29.2 Å². The summed E-state index contributed by atoms with van der Waals surface area (Å²) in [6, 6.07) is 14.1. The number of amides is 3. The van der Waals surface area contributed by atoms with Gasteiger partial charge in [-0.2, -0.15) is 0 Å². The van der Waals surface area contributed by atoms with Gasteiger partial charge in [-0.15, -0.1) is 0 Å². The average molecular weight is 437 g/mol. The zero-order valence-corrected chi connectivity index (χ0v) is 18.1. The molecule has 2 heterocycles. The van der Waals surface area contributed by atoms with Gasteiger partial charge in [-0.05, 0) is 48.8 Å². The molecule has 2 aliphatic heterocycles. The van der Waals surface area contributed by atoms with Gasteiger partial charge in [-0.1, -0.05) is 54.1 Å². The lowest BCUT2D eigenvalue weighted by Crippen LogP contribution is -2.43. The van der Waals surface area contributed by atoms with Gasteiger partial charge >= 0.3 is 0 Å². The molecule has 0 bridgehead atoms. The second kappa shape index (κ2) is 7.79. The monoisotopic (exact) mass is 436 g/mol. The fourth-order valence-corrected chi connectivity index (χ4v) is 5.45. The molecule has 0 aromatic heterocycles. The third kappa shape index (κ3) is 3.55. The first-order chi connectivity index (χ1) is 15.0. The normalized spacial score (nSPS) is 22.9. The van der Waals surface area contributed by atoms with Crippen LogP contribution < -0.4 is 5.32 Å². The maximum Gasteiger partial charge on any atom is 0.234 e. The number of hydrogen-bond acceptors (Lipinski definition) is 3. The molecule has 1 N–H and O–H groups in total. The Kier molecular flexibility index (Phi) is 5.09. The lowest BCUT2D eigenvalue weighted by molar-refractivity contribution is -0.137. The standard InChI is InChI=1S/C25H25ClN2O3/c26-23-18(4-3-5-19(23)20-11-12-21(29)27-24(20)31)16-7-9-17(10-8-16)25(13-14-25)28-15-2-1-6-22(28)30/h3-5,7-10,20H,1-2,6,11-15H2,(H,27,29,31). The zero-order chi connectivity index (χ0) is 21.6. The van der Waals surface area contributed by atoms with Gasteiger partial charge in [0, 0.05) is 24.9 Å². The predicted molar refractivity (Wildman–Crippen MR) is 118 cm³/mol. The number of rotatable bonds is 4. The highest BCUT2D eigenvalue weighted by Gasteiger charge is 2.51. The van der Waals surface area contributed by atoms with Crippen molar-refractivity contribution in [2.45, 2.75) is 56.4 Å². The summed E-state index contributed by atoms with van der Waals surface area (Å²) in [6.45, 7) is 0.848. The van der Waals surface area contributed by atoms with E-state index in [1.165, 1.54) is 5.56 Å². The third-order valence-corrected chi connectivity index (χ3v) is 7.36. The van der Waals surface area contributed by atoms with Gasteiger partial charge in [-0.25, -0.2) is 0 Å². The quantitative estimate of drug-likeness (QED) is 0.716. The van der Waals surface area contributed by atoms with Crippen molar-refractivity contribution >= 4 is 29.3 Å². The first-order valence-corrected chi connectivity index (χ1v) is 11.4. The van der Waals surface area contributed by atoms with Crippen molar-refractivity contribution in [1.82, 2.24) is 10.2 Å². The van der Waals surface area contributed by atoms with Crippen LogP contribution in [0.25, 0.3) is 11.1 Å². The number of nitrogens with one attached hydrogen (secondary N) is 1. The van der Waals surface area contributed by atoms with Crippen molar-refractivity contribution in [3.05, 3.63) is 58.6 Å². The molecule has 5 rings (SSSR count). The van der Waals surface area contributed by atoms with E-state index >= 15 is 0 Å². The summed E-state index contributed by atoms with van der Waals surface area (Å²) < 4.78 is 0. The largest absolute Gasteiger partial charge is 0.333 e. The van der Waals surface area contributed by atoms with Crippen molar-refractivity contribution in [1.29, 1.82) is 0 Å². The van der Waals surface area contributed by atoms with E-state index < -0.39 is 5.92 Å². The van der Waals surface area contributed by atoms with E-state index in [4.69, 9.17) is 11.6 Å². The molecule has 2 saturated heterocycles. The van der Waals surface area contributed by atoms with Gasteiger partial charge in [0.1, 0.15) is 0 Å². The van der Waals surface area contributed by atoms with Gasteiger partial charge in [-0.3, -0.25) is 19.7 Å². The summed E-state index contributed by atoms with van der Waals surface area (Å²) in [6.07, 6.45) is 5.55. The van der Waals surface area contributed by atoms with E-state index in [0.29, 0.717) is 24.3 Å². The second-order valence-corrected chi connectivity index (χ2v) is 9.20. The van der Waals surface area contributed by atoms with Gasteiger partial charge in [0.05, 0.1) is 16.5 Å². The number of benzene rings is 2. The number of nitrogens with zero attached hydrogens (tertiary/aromatic N) is 1. The minimum atomic E-state index is -0.413. The van der Waals surface area contributed by atoms with Crippen molar-refractivity contribution in [2.24, 2.45) is 0 Å². The Bertz CT molecular complexity index is 1060. The Morgan fingerprint density at radius 1 is 0.968 bits per heavy atom. The van der Waals surface area contributed by atoms with Crippen LogP contribution in [0.15, 0.2) is 42.5 Å². The van der Waals surface area contributed by atoms with Crippen LogP contribution in [0, 0.1) is 0 Å². The molecule has 1 atom stereocenters. The molecule has 3 fully saturated rings. The second-order valence-electron chi connectivity index (χ2n) is 8.82. The van der Waals surface area contributed by atoms with E-state index in [-0.39, 0.29) is 23.3 Å². The minimum absolute atomic E-state index is 0.131. The molecule has 3 aliphatic rings. The molecular formula is C25H25ClN2O3. The van der Waals surface area contributed by atoms with Crippen LogP contribution in [0.1, 0.15) is 62.0 Å². The lowest BCUT2D eigenvalue weighted by Gasteiger charge is -2.35. The van der Waals surface area contributed by atoms with Crippen molar-refractivity contribution in [3.8, 4) is 11.1 Å². The van der Waals surface area contributed by atoms with Crippen molar-refractivity contribution < 1.29 is 14.4 Å². The summed E-state index contributed by atoms with van der Waals surface area (Å²) in [5.74, 6) is -0.657. The molecule has 0 spiro atoms. The maximum atomic E-state index is 12.5. The third-order valence-electron chi connectivity index (χ3n) is 6.94. The van der Waals surface area contributed by atoms with Crippen LogP contribution in [0.2, 0.25) is 5.02 Å². The number of carbonyl (C=O) groups excluding carboxylic acids is 3. The van der Waals surface area contributed by atoms with Gasteiger partial charge in [0.25, 0.3) is 0 Å². The van der Waals surface area contributed by atoms with E-state index in [0.717, 1.165) is 48.9 Å². The molecule has 0 radical (unpaired) electrons. The molecular weight excluding hydrogens is 412 g/mol. The molecule has 1 aliphatic carbocycles. The Morgan fingerprint density at radius 3 is 2.42 bits per heavy atom. The van der Waals surface area contributed by atoms with Crippen LogP contribution in [0.5, 0.6) is 0 Å². The fourth-order valence-electron chi connectivity index (χ4n) is 5.08. The SMILES string of the molecule is O=C1CCC(c2cccc(-c3ccc(C4(N5CCCCC5=O)CC4)cc3)c2Cl)C(=O)N1. The summed E-state index contributed by atoms with van der Waals surface area (Å²) in [4.78, 5) is 38.4. The smallest absolute Gasteiger partial charge is 0.234 e. The van der Waals surface area contributed by atoms with E-state index in [1.807, 2.05) is 18.2 Å². The van der Waals surface area contributed by atoms with E-state index in [1.54, 1.807) is 0 Å². The number of halogens is 1. The van der Waals surface area contributed by atoms with E-state index in [9.17, 15) is 14.4 Å². The summed E-state index contributed by atoms with van der Waals surface area (Å²) in [5, 5.41) is 2.96. The first-order valence-electron chi connectivity index (χ1n) is 11.0. The van der Waals surface area contributed by atoms with Gasteiger partial charge in [0.2, 0.25) is 17.7 Å². The van der Waals surface area contributed by atoms with Gasteiger partial charge in [0.15, 0.2) is 0 Å². The average Bonchev–Trinajstić information content (AvgIpc) is 3.57. The molecule has 6 heteroatoms. The molecule has 3 amide bonds. The minimum Gasteiger partial charge on any atom is -0.333 e. The Hall–Kier alpha value is -2.66. The van der Waals surface area contributed by atoms with E-state index in [2.05, 4.69) is 34.5 Å². The van der Waals surface area contributed by atoms with Crippen LogP contribution in [0.3, 0.4) is 0 Å². The van der Waals surface area contributed by atoms with Gasteiger partial charge < -0.3 is 4.90 Å². The molecule has 5 nitrogen and oxygen atoms in total. The highest BCUT2D eigenvalue weighted by atomic mass is 35.5. The summed E-state index contributed by atoms with van der Waals surface area (Å²) in [5.41, 5.74) is 3.65. The number of carbonyl (C=O) groups is 3. The molecule has 1 saturated carbocycles. The Balaban J connectivity index is 1.42. The molecule has 2 aromatic rings. The molecule has 31 heavy (non-hydrogen) atoms. The van der Waals surface area contributed by atoms with Crippen LogP contribution >= 0.6 is 11.6 Å². The number of hydrogen-bond donors (Lipinski definition) is 1. The zero-order valence-electron chi connectivity index (χ0n) is 17.3. The number of imide groups is 1. The molecule has 1 unspecified atom stereocenters. The highest BCUT2D eigenvalue weighted by Crippen LogP contribution is 2.52. The van der Waals surface area contributed by atoms with Crippen LogP contribution in [-0.2, 0) is 19.9 Å². The summed E-state index contributed by atoms with van der Waals surface area (Å²) >= 11 is 6.74. The lowest BCUT2D eigenvalue weighted by atomic mass is 9.88. The highest BCUT2D eigenvalue weighted by molar-refractivity contribution is 6.34. The maximum absolute atomic E-state index is 12.5. The molecule has 160 valence electrons. The fraction of sp³-hybridized carbons (Fsp3) is 0.400. The van der Waals surface area contributed by atoms with Crippen molar-refractivity contribution in [2.75, 3.05) is 6.54 Å². The summed E-state index contributed by atoms with van der Waals surface area (Å²) in [7, 11) is 0. The predicted octanol–water partition coefficient (Wildman–Crippen LogP) is 4.53. The van der Waals surface area contributed by atoms with Crippen LogP contribution in [0.4, 0.5) is 0 Å². The molecule has 2 aromatic carbocycles. The Morgan fingerprint density at radius 2 is 1.74 bits per heavy atom.